The topological polar surface area (TPSA) is 37.3 Å². The van der Waals surface area contributed by atoms with Crippen molar-refractivity contribution in [3.8, 4) is 0 Å². The summed E-state index contributed by atoms with van der Waals surface area (Å²) in [5.74, 6) is -2.61. The molecule has 0 saturated carbocycles. The fourth-order valence-electron chi connectivity index (χ4n) is 3.03. The number of aliphatic carboxylic acids is 1. The molecule has 0 bridgehead atoms. The minimum Gasteiger partial charge on any atom is -0.481 e. The van der Waals surface area contributed by atoms with E-state index in [1.807, 2.05) is 12.1 Å². The highest BCUT2D eigenvalue weighted by Gasteiger charge is 2.43. The number of carboxylic acids is 1. The van der Waals surface area contributed by atoms with E-state index in [1.54, 1.807) is 0 Å². The zero-order chi connectivity index (χ0) is 18.4. The fourth-order valence-corrected chi connectivity index (χ4v) is 7.77. The number of benzene rings is 3. The van der Waals surface area contributed by atoms with E-state index < -0.39 is 11.9 Å². The first-order chi connectivity index (χ1) is 12.6. The van der Waals surface area contributed by atoms with Crippen LogP contribution in [-0.2, 0) is 11.2 Å². The summed E-state index contributed by atoms with van der Waals surface area (Å²) in [6, 6.07) is 29.7. The Hall–Kier alpha value is -1.96. The molecule has 0 heterocycles. The maximum Gasteiger partial charge on any atom is 0.303 e. The molecule has 0 amide bonds. The predicted molar refractivity (Wildman–Crippen MR) is 115 cm³/mol. The van der Waals surface area contributed by atoms with Gasteiger partial charge in [-0.05, 0) is 54.8 Å². The van der Waals surface area contributed by atoms with Gasteiger partial charge in [-0.1, -0.05) is 48.5 Å². The molecular formula is C22H21BrO2P+. The largest absolute Gasteiger partial charge is 0.481 e. The van der Waals surface area contributed by atoms with Crippen molar-refractivity contribution in [2.45, 2.75) is 19.3 Å². The summed E-state index contributed by atoms with van der Waals surface area (Å²) < 4.78 is 0. The fraction of sp³-hybridized carbons (Fsp3) is 0.136. The van der Waals surface area contributed by atoms with E-state index in [-0.39, 0.29) is 6.42 Å². The molecule has 4 heteroatoms. The Morgan fingerprint density at radius 1 is 0.769 bits per heavy atom. The number of hydrogen-bond donors (Lipinski definition) is 1. The standard InChI is InChI=1S/C22H20BrO2P/c23-26(19-9-3-1-4-10-19,20-11-5-2-6-12-20)21-16-14-18(15-17-21)8-7-13-22(24)25/h1-6,9-12,14-17H,7-8,13H2/p+1. The van der Waals surface area contributed by atoms with Gasteiger partial charge in [0.15, 0.2) is 21.5 Å². The summed E-state index contributed by atoms with van der Waals surface area (Å²) in [7, 11) is 0. The van der Waals surface area contributed by atoms with Crippen molar-refractivity contribution < 1.29 is 9.90 Å². The molecular weight excluding hydrogens is 407 g/mol. The van der Waals surface area contributed by atoms with Crippen LogP contribution in [0.2, 0.25) is 0 Å². The lowest BCUT2D eigenvalue weighted by atomic mass is 10.1. The lowest BCUT2D eigenvalue weighted by molar-refractivity contribution is -0.137. The summed E-state index contributed by atoms with van der Waals surface area (Å²) in [5.41, 5.74) is 1.18. The van der Waals surface area contributed by atoms with Crippen LogP contribution in [0.1, 0.15) is 18.4 Å². The molecule has 0 aromatic heterocycles. The summed E-state index contributed by atoms with van der Waals surface area (Å²) in [6.07, 6.45) is 1.67. The normalized spacial score (nSPS) is 11.3. The minimum atomic E-state index is -1.87. The Kier molecular flexibility index (Phi) is 6.24. The van der Waals surface area contributed by atoms with Crippen LogP contribution in [0, 0.1) is 0 Å². The van der Waals surface area contributed by atoms with Crippen LogP contribution in [0.15, 0.2) is 84.9 Å². The average Bonchev–Trinajstić information content (AvgIpc) is 2.69. The zero-order valence-corrected chi connectivity index (χ0v) is 16.9. The Labute approximate surface area is 163 Å². The number of hydrogen-bond acceptors (Lipinski definition) is 1. The quantitative estimate of drug-likeness (QED) is 0.554. The molecule has 0 atom stereocenters. The predicted octanol–water partition coefficient (Wildman–Crippen LogP) is 4.70. The van der Waals surface area contributed by atoms with Gasteiger partial charge < -0.3 is 5.11 Å². The van der Waals surface area contributed by atoms with Gasteiger partial charge in [0.05, 0.1) is 0 Å². The summed E-state index contributed by atoms with van der Waals surface area (Å²) >= 11 is 4.14. The van der Waals surface area contributed by atoms with Crippen molar-refractivity contribution in [2.75, 3.05) is 0 Å². The molecule has 3 aromatic rings. The highest BCUT2D eigenvalue weighted by atomic mass is 79.9. The zero-order valence-electron chi connectivity index (χ0n) is 14.4. The number of carbonyl (C=O) groups is 1. The van der Waals surface area contributed by atoms with Crippen molar-refractivity contribution in [2.24, 2.45) is 0 Å². The summed E-state index contributed by atoms with van der Waals surface area (Å²) in [4.78, 5) is 10.7. The van der Waals surface area contributed by atoms with E-state index in [1.165, 1.54) is 21.5 Å². The summed E-state index contributed by atoms with van der Waals surface area (Å²) in [6.45, 7) is 0. The van der Waals surface area contributed by atoms with Crippen LogP contribution in [0.4, 0.5) is 0 Å². The minimum absolute atomic E-state index is 0.213. The Morgan fingerprint density at radius 3 is 1.69 bits per heavy atom. The van der Waals surface area contributed by atoms with Crippen molar-refractivity contribution in [3.63, 3.8) is 0 Å². The monoisotopic (exact) mass is 427 g/mol. The van der Waals surface area contributed by atoms with E-state index in [0.717, 1.165) is 6.42 Å². The lowest BCUT2D eigenvalue weighted by Gasteiger charge is -2.20. The van der Waals surface area contributed by atoms with E-state index >= 15 is 0 Å². The number of aryl methyl sites for hydroxylation is 1. The molecule has 0 aliphatic heterocycles. The lowest BCUT2D eigenvalue weighted by Crippen LogP contribution is -2.26. The Balaban J connectivity index is 1.94. The molecule has 132 valence electrons. The van der Waals surface area contributed by atoms with E-state index in [4.69, 9.17) is 5.11 Å². The maximum absolute atomic E-state index is 10.7. The van der Waals surface area contributed by atoms with Gasteiger partial charge in [0.2, 0.25) is 0 Å². The Morgan fingerprint density at radius 2 is 1.23 bits per heavy atom. The highest BCUT2D eigenvalue weighted by molar-refractivity contribution is 9.44. The summed E-state index contributed by atoms with van der Waals surface area (Å²) in [5, 5.41) is 12.6. The third kappa shape index (κ3) is 4.23. The first-order valence-electron chi connectivity index (χ1n) is 8.62. The van der Waals surface area contributed by atoms with Crippen molar-refractivity contribution in [1.29, 1.82) is 0 Å². The van der Waals surface area contributed by atoms with E-state index in [2.05, 4.69) is 88.3 Å². The Bertz CT molecular complexity index is 809. The molecule has 3 aromatic carbocycles. The SMILES string of the molecule is O=C(O)CCCc1ccc([P+](Br)(c2ccccc2)c2ccccc2)cc1. The highest BCUT2D eigenvalue weighted by Crippen LogP contribution is 2.62. The molecule has 2 nitrogen and oxygen atoms in total. The van der Waals surface area contributed by atoms with Crippen LogP contribution in [0.25, 0.3) is 0 Å². The second-order valence-corrected chi connectivity index (χ2v) is 12.1. The molecule has 0 fully saturated rings. The third-order valence-electron chi connectivity index (χ3n) is 4.37. The van der Waals surface area contributed by atoms with Gasteiger partial charge in [-0.15, -0.1) is 0 Å². The van der Waals surface area contributed by atoms with Crippen molar-refractivity contribution >= 4 is 43.3 Å². The van der Waals surface area contributed by atoms with Gasteiger partial charge in [-0.25, -0.2) is 0 Å². The molecule has 0 aliphatic rings. The molecule has 1 N–H and O–H groups in total. The number of rotatable bonds is 7. The molecule has 0 saturated heterocycles. The van der Waals surface area contributed by atoms with Gasteiger partial charge in [-0.3, -0.25) is 4.79 Å². The molecule has 26 heavy (non-hydrogen) atoms. The van der Waals surface area contributed by atoms with Crippen LogP contribution in [-0.4, -0.2) is 11.1 Å². The van der Waals surface area contributed by atoms with E-state index in [0.29, 0.717) is 6.42 Å². The first-order valence-corrected chi connectivity index (χ1v) is 12.4. The third-order valence-corrected chi connectivity index (χ3v) is 11.1. The second-order valence-electron chi connectivity index (χ2n) is 6.17. The van der Waals surface area contributed by atoms with Crippen molar-refractivity contribution in [3.05, 3.63) is 90.5 Å². The van der Waals surface area contributed by atoms with Crippen LogP contribution in [0.5, 0.6) is 0 Å². The van der Waals surface area contributed by atoms with Gasteiger partial charge in [0.25, 0.3) is 0 Å². The molecule has 0 radical (unpaired) electrons. The van der Waals surface area contributed by atoms with Gasteiger partial charge in [0.1, 0.15) is 15.9 Å². The average molecular weight is 428 g/mol. The maximum atomic E-state index is 10.7. The molecule has 0 aliphatic carbocycles. The number of carboxylic acid groups (broad SMARTS) is 1. The molecule has 0 unspecified atom stereocenters. The van der Waals surface area contributed by atoms with Crippen molar-refractivity contribution in [1.82, 2.24) is 0 Å². The molecule has 3 rings (SSSR count). The van der Waals surface area contributed by atoms with Gasteiger partial charge in [-0.2, -0.15) is 0 Å². The van der Waals surface area contributed by atoms with E-state index in [9.17, 15) is 4.79 Å². The second kappa shape index (κ2) is 8.62. The van der Waals surface area contributed by atoms with Crippen LogP contribution in [0.3, 0.4) is 0 Å². The number of halogens is 1. The first kappa shape index (κ1) is 18.8. The molecule has 0 spiro atoms. The van der Waals surface area contributed by atoms with Crippen LogP contribution < -0.4 is 15.9 Å². The van der Waals surface area contributed by atoms with Gasteiger partial charge >= 0.3 is 5.97 Å². The smallest absolute Gasteiger partial charge is 0.303 e. The van der Waals surface area contributed by atoms with Crippen LogP contribution >= 0.6 is 21.5 Å². The van der Waals surface area contributed by atoms with Gasteiger partial charge in [0, 0.05) is 6.42 Å².